The number of aliphatic hydroxyl groups is 1. The maximum atomic E-state index is 12.2. The topological polar surface area (TPSA) is 194 Å². The van der Waals surface area contributed by atoms with Crippen molar-refractivity contribution in [1.82, 2.24) is 0 Å². The van der Waals surface area contributed by atoms with Gasteiger partial charge in [-0.15, -0.1) is 0 Å². The number of quaternary nitrogens is 1. The molecule has 172 valence electrons. The fourth-order valence-electron chi connectivity index (χ4n) is 1.95. The van der Waals surface area contributed by atoms with Gasteiger partial charge in [0.1, 0.15) is 13.2 Å². The Balaban J connectivity index is 5.35. The first-order valence-corrected chi connectivity index (χ1v) is 8.83. The Hall–Kier alpha value is -2.77. The van der Waals surface area contributed by atoms with Crippen molar-refractivity contribution in [2.75, 3.05) is 34.3 Å². The maximum absolute atomic E-state index is 12.2. The Bertz CT molecular complexity index is 656. The van der Waals surface area contributed by atoms with Crippen molar-refractivity contribution in [2.45, 2.75) is 44.2 Å². The molecule has 0 aromatic carbocycles. The van der Waals surface area contributed by atoms with Crippen molar-refractivity contribution in [3.63, 3.8) is 0 Å². The molecule has 0 radical (unpaired) electrons. The Morgan fingerprint density at radius 1 is 0.967 bits per heavy atom. The van der Waals surface area contributed by atoms with Crippen LogP contribution in [0.5, 0.6) is 0 Å². The van der Waals surface area contributed by atoms with Gasteiger partial charge in [0.2, 0.25) is 0 Å². The number of carbonyl (C=O) groups excluding carboxylic acids is 2. The Kier molecular flexibility index (Phi) is 10.4. The summed E-state index contributed by atoms with van der Waals surface area (Å²) in [4.78, 5) is 57.2. The van der Waals surface area contributed by atoms with Crippen molar-refractivity contribution < 1.29 is 63.1 Å². The standard InChI is InChI=1S/C17H27NO12/c1-5-10(13(22)23)29-14(24)15(28-7-6-18(2,3)4)30-12(21)9-17(27,16(25)26)8-11(19)20/h10,15,27H,5-9H2,1-4H3,(H2-,19,20,22,23,25,26)/p+1. The number of ether oxygens (including phenoxy) is 3. The molecular weight excluding hydrogens is 410 g/mol. The van der Waals surface area contributed by atoms with Gasteiger partial charge < -0.3 is 39.1 Å². The molecule has 0 aliphatic heterocycles. The predicted octanol–water partition coefficient (Wildman–Crippen LogP) is -1.33. The molecular formula is C17H28NO12+. The number of hydrogen-bond acceptors (Lipinski definition) is 9. The molecule has 30 heavy (non-hydrogen) atoms. The molecule has 0 rings (SSSR count). The number of hydrogen-bond donors (Lipinski definition) is 4. The number of aliphatic carboxylic acids is 3. The van der Waals surface area contributed by atoms with Gasteiger partial charge in [0, 0.05) is 0 Å². The molecule has 0 aromatic rings. The van der Waals surface area contributed by atoms with Crippen molar-refractivity contribution in [3.05, 3.63) is 0 Å². The van der Waals surface area contributed by atoms with Gasteiger partial charge in [0.15, 0.2) is 11.7 Å². The van der Waals surface area contributed by atoms with E-state index in [0.29, 0.717) is 11.0 Å². The molecule has 0 amide bonds. The molecule has 0 bridgehead atoms. The molecule has 13 nitrogen and oxygen atoms in total. The van der Waals surface area contributed by atoms with Crippen LogP contribution in [0, 0.1) is 0 Å². The van der Waals surface area contributed by atoms with E-state index < -0.39 is 60.7 Å². The van der Waals surface area contributed by atoms with E-state index in [9.17, 15) is 29.1 Å². The molecule has 0 saturated heterocycles. The second-order valence-electron chi connectivity index (χ2n) is 7.46. The van der Waals surface area contributed by atoms with Crippen molar-refractivity contribution in [3.8, 4) is 0 Å². The maximum Gasteiger partial charge on any atom is 0.377 e. The lowest BCUT2D eigenvalue weighted by Gasteiger charge is -2.26. The van der Waals surface area contributed by atoms with Gasteiger partial charge in [-0.2, -0.15) is 0 Å². The fourth-order valence-corrected chi connectivity index (χ4v) is 1.95. The third kappa shape index (κ3) is 10.1. The molecule has 0 aromatic heterocycles. The zero-order chi connectivity index (χ0) is 23.7. The molecule has 0 aliphatic rings. The van der Waals surface area contributed by atoms with E-state index in [1.165, 1.54) is 6.92 Å². The third-order valence-corrected chi connectivity index (χ3v) is 3.65. The number of carbonyl (C=O) groups is 5. The highest BCUT2D eigenvalue weighted by atomic mass is 16.7. The summed E-state index contributed by atoms with van der Waals surface area (Å²) in [5.74, 6) is -7.92. The van der Waals surface area contributed by atoms with Gasteiger partial charge in [-0.3, -0.25) is 9.59 Å². The molecule has 0 aliphatic carbocycles. The lowest BCUT2D eigenvalue weighted by Crippen LogP contribution is -2.45. The predicted molar refractivity (Wildman–Crippen MR) is 96.0 cm³/mol. The zero-order valence-corrected chi connectivity index (χ0v) is 17.2. The summed E-state index contributed by atoms with van der Waals surface area (Å²) in [6.45, 7) is 1.65. The largest absolute Gasteiger partial charge is 0.481 e. The Morgan fingerprint density at radius 3 is 1.93 bits per heavy atom. The SMILES string of the molecule is CCC(OC(=O)C(OCC[N+](C)(C)C)OC(=O)CC(O)(CC(=O)O)C(=O)O)C(=O)O. The molecule has 13 heteroatoms. The Morgan fingerprint density at radius 2 is 1.53 bits per heavy atom. The molecule has 0 spiro atoms. The lowest BCUT2D eigenvalue weighted by atomic mass is 9.96. The first kappa shape index (κ1) is 27.2. The molecule has 3 unspecified atom stereocenters. The van der Waals surface area contributed by atoms with Crippen LogP contribution in [0.2, 0.25) is 0 Å². The van der Waals surface area contributed by atoms with Crippen molar-refractivity contribution in [1.29, 1.82) is 0 Å². The second-order valence-corrected chi connectivity index (χ2v) is 7.46. The van der Waals surface area contributed by atoms with Crippen LogP contribution in [0.15, 0.2) is 0 Å². The van der Waals surface area contributed by atoms with E-state index in [1.54, 1.807) is 21.1 Å². The first-order valence-electron chi connectivity index (χ1n) is 8.83. The third-order valence-electron chi connectivity index (χ3n) is 3.65. The number of rotatable bonds is 14. The highest BCUT2D eigenvalue weighted by Gasteiger charge is 2.42. The number of carboxylic acid groups (broad SMARTS) is 3. The van der Waals surface area contributed by atoms with E-state index in [4.69, 9.17) is 29.5 Å². The average molecular weight is 438 g/mol. The van der Waals surface area contributed by atoms with Crippen molar-refractivity contribution in [2.24, 2.45) is 0 Å². The van der Waals surface area contributed by atoms with E-state index in [0.717, 1.165) is 0 Å². The summed E-state index contributed by atoms with van der Waals surface area (Å²) in [7, 11) is 5.41. The molecule has 3 atom stereocenters. The van der Waals surface area contributed by atoms with E-state index in [2.05, 4.69) is 0 Å². The summed E-state index contributed by atoms with van der Waals surface area (Å²) in [5.41, 5.74) is -2.98. The highest BCUT2D eigenvalue weighted by Crippen LogP contribution is 2.18. The number of nitrogens with zero attached hydrogens (tertiary/aromatic N) is 1. The van der Waals surface area contributed by atoms with Crippen molar-refractivity contribution >= 4 is 29.8 Å². The fraction of sp³-hybridized carbons (Fsp3) is 0.706. The number of likely N-dealkylation sites (N-methyl/N-ethyl adjacent to an activating group) is 1. The number of carboxylic acids is 3. The van der Waals surface area contributed by atoms with Gasteiger partial charge in [0.05, 0.1) is 34.0 Å². The molecule has 0 fully saturated rings. The minimum absolute atomic E-state index is 0.0853. The lowest BCUT2D eigenvalue weighted by molar-refractivity contribution is -0.870. The molecule has 4 N–H and O–H groups in total. The summed E-state index contributed by atoms with van der Waals surface area (Å²) in [5, 5.41) is 36.6. The van der Waals surface area contributed by atoms with Crippen LogP contribution in [0.25, 0.3) is 0 Å². The summed E-state index contributed by atoms with van der Waals surface area (Å²) >= 11 is 0. The van der Waals surface area contributed by atoms with Crippen LogP contribution in [-0.2, 0) is 38.2 Å². The van der Waals surface area contributed by atoms with Gasteiger partial charge in [-0.1, -0.05) is 6.92 Å². The van der Waals surface area contributed by atoms with E-state index in [-0.39, 0.29) is 13.0 Å². The monoisotopic (exact) mass is 438 g/mol. The van der Waals surface area contributed by atoms with Crippen LogP contribution >= 0.6 is 0 Å². The van der Waals surface area contributed by atoms with Gasteiger partial charge in [-0.05, 0) is 6.42 Å². The van der Waals surface area contributed by atoms with E-state index in [1.807, 2.05) is 0 Å². The zero-order valence-electron chi connectivity index (χ0n) is 17.2. The van der Waals surface area contributed by atoms with Crippen LogP contribution in [0.1, 0.15) is 26.2 Å². The van der Waals surface area contributed by atoms with E-state index >= 15 is 0 Å². The molecule has 0 heterocycles. The van der Waals surface area contributed by atoms with Gasteiger partial charge >= 0.3 is 36.1 Å². The van der Waals surface area contributed by atoms with Crippen LogP contribution in [-0.4, -0.2) is 107 Å². The summed E-state index contributed by atoms with van der Waals surface area (Å²) < 4.78 is 15.0. The summed E-state index contributed by atoms with van der Waals surface area (Å²) in [6, 6.07) is 0. The van der Waals surface area contributed by atoms with Crippen LogP contribution < -0.4 is 0 Å². The first-order chi connectivity index (χ1) is 13.6. The minimum atomic E-state index is -2.98. The van der Waals surface area contributed by atoms with Gasteiger partial charge in [0.25, 0.3) is 0 Å². The quantitative estimate of drug-likeness (QED) is 0.142. The number of esters is 2. The van der Waals surface area contributed by atoms with Crippen LogP contribution in [0.4, 0.5) is 0 Å². The highest BCUT2D eigenvalue weighted by molar-refractivity contribution is 5.89. The van der Waals surface area contributed by atoms with Gasteiger partial charge in [-0.25, -0.2) is 14.4 Å². The minimum Gasteiger partial charge on any atom is -0.481 e. The Labute approximate surface area is 172 Å². The van der Waals surface area contributed by atoms with Crippen LogP contribution in [0.3, 0.4) is 0 Å². The molecule has 0 saturated carbocycles. The normalized spacial score (nSPS) is 15.4. The smallest absolute Gasteiger partial charge is 0.377 e. The second kappa shape index (κ2) is 11.4. The average Bonchev–Trinajstić information content (AvgIpc) is 2.56. The summed E-state index contributed by atoms with van der Waals surface area (Å²) in [6.07, 6.45) is -6.26.